The summed E-state index contributed by atoms with van der Waals surface area (Å²) in [4.78, 5) is 51.4. The summed E-state index contributed by atoms with van der Waals surface area (Å²) in [5.74, 6) is -0.627. The van der Waals surface area contributed by atoms with Gasteiger partial charge < -0.3 is 24.6 Å². The molecule has 2 aromatic carbocycles. The maximum absolute atomic E-state index is 14.4. The second-order valence-electron chi connectivity index (χ2n) is 13.1. The molecule has 1 unspecified atom stereocenters. The van der Waals surface area contributed by atoms with E-state index in [1.165, 1.54) is 27.8 Å². The van der Waals surface area contributed by atoms with Crippen molar-refractivity contribution in [1.82, 2.24) is 29.0 Å². The van der Waals surface area contributed by atoms with Crippen LogP contribution in [0.5, 0.6) is 5.75 Å². The number of hydrogen-bond donors (Lipinski definition) is 2. The summed E-state index contributed by atoms with van der Waals surface area (Å²) in [6.45, 7) is 0.453. The van der Waals surface area contributed by atoms with Crippen LogP contribution in [0.2, 0.25) is 5.02 Å². The van der Waals surface area contributed by atoms with Crippen molar-refractivity contribution in [3.63, 3.8) is 0 Å². The summed E-state index contributed by atoms with van der Waals surface area (Å²) in [6, 6.07) is 12.5. The highest BCUT2D eigenvalue weighted by molar-refractivity contribution is 7.86. The van der Waals surface area contributed by atoms with Gasteiger partial charge in [0.1, 0.15) is 28.9 Å². The number of aromatic hydroxyl groups is 1. The predicted molar refractivity (Wildman–Crippen MR) is 190 cm³/mol. The molecule has 1 atom stereocenters. The predicted octanol–water partition coefficient (Wildman–Crippen LogP) is 4.51. The molecule has 0 radical (unpaired) electrons. The molecule has 0 saturated carbocycles. The molecule has 0 aliphatic carbocycles. The van der Waals surface area contributed by atoms with Gasteiger partial charge in [-0.1, -0.05) is 11.6 Å². The van der Waals surface area contributed by atoms with Gasteiger partial charge in [-0.2, -0.15) is 22.7 Å². The molecule has 3 aromatic heterocycles. The summed E-state index contributed by atoms with van der Waals surface area (Å²) in [7, 11) is -1.12. The molecule has 2 amide bonds. The lowest BCUT2D eigenvalue weighted by Crippen LogP contribution is -2.47. The monoisotopic (exact) mass is 782 g/mol. The lowest BCUT2D eigenvalue weighted by atomic mass is 9.85. The van der Waals surface area contributed by atoms with Gasteiger partial charge in [0, 0.05) is 42.8 Å². The number of anilines is 2. The van der Waals surface area contributed by atoms with Crippen LogP contribution in [0.15, 0.2) is 65.6 Å². The number of ether oxygens (including phenoxy) is 1. The summed E-state index contributed by atoms with van der Waals surface area (Å²) >= 11 is 6.13. The highest BCUT2D eigenvalue weighted by Crippen LogP contribution is 2.43. The van der Waals surface area contributed by atoms with Crippen LogP contribution in [-0.4, -0.2) is 75.6 Å². The van der Waals surface area contributed by atoms with E-state index >= 15 is 0 Å². The largest absolute Gasteiger partial charge is 0.505 e. The maximum atomic E-state index is 14.4. The fourth-order valence-electron chi connectivity index (χ4n) is 7.14. The standard InChI is InChI=1S/C35H30ClF3N8O6S/c36-23-17-21(35(37,38)39)6-9-24(23)41-27(49)18-45-25-19-53-34(10-14-44(15-11-34)32(51)29-26(48)3-1-12-40-29)28(25)31(50)47-33(45)42-30(43-47)20-4-7-22(8-5-20)46-13-2-16-54(46)52/h1,3-9,12,17,48H,2,10-11,13-16,18-19H2,(H,41,49). The van der Waals surface area contributed by atoms with Crippen molar-refractivity contribution in [2.45, 2.75) is 44.2 Å². The van der Waals surface area contributed by atoms with Gasteiger partial charge in [0.15, 0.2) is 11.5 Å². The van der Waals surface area contributed by atoms with E-state index in [1.54, 1.807) is 28.6 Å². The van der Waals surface area contributed by atoms with Crippen molar-refractivity contribution in [3.05, 3.63) is 98.7 Å². The summed E-state index contributed by atoms with van der Waals surface area (Å²) in [5, 5.41) is 17.0. The zero-order valence-corrected chi connectivity index (χ0v) is 29.7. The Bertz CT molecular complexity index is 2410. The van der Waals surface area contributed by atoms with Gasteiger partial charge in [0.25, 0.3) is 11.5 Å². The van der Waals surface area contributed by atoms with E-state index in [0.717, 1.165) is 28.8 Å². The van der Waals surface area contributed by atoms with E-state index < -0.39 is 52.2 Å². The Balaban J connectivity index is 1.15. The number of carbonyl (C=O) groups excluding carboxylic acids is 2. The summed E-state index contributed by atoms with van der Waals surface area (Å²) in [5.41, 5.74) is -0.888. The maximum Gasteiger partial charge on any atom is 0.416 e. The van der Waals surface area contributed by atoms with E-state index in [-0.39, 0.29) is 71.9 Å². The molecule has 0 bridgehead atoms. The van der Waals surface area contributed by atoms with E-state index in [4.69, 9.17) is 16.3 Å². The van der Waals surface area contributed by atoms with Crippen LogP contribution in [0.3, 0.4) is 0 Å². The lowest BCUT2D eigenvalue weighted by Gasteiger charge is -2.38. The van der Waals surface area contributed by atoms with Gasteiger partial charge in [-0.3, -0.25) is 18.7 Å². The normalized spacial score (nSPS) is 18.0. The van der Waals surface area contributed by atoms with Gasteiger partial charge in [-0.15, -0.1) is 5.10 Å². The summed E-state index contributed by atoms with van der Waals surface area (Å²) in [6.07, 6.45) is -2.01. The number of benzene rings is 2. The molecule has 5 aromatic rings. The first kappa shape index (κ1) is 35.7. The van der Waals surface area contributed by atoms with Gasteiger partial charge >= 0.3 is 6.18 Å². The van der Waals surface area contributed by atoms with E-state index in [2.05, 4.69) is 20.4 Å². The molecule has 14 nitrogen and oxygen atoms in total. The number of carbonyl (C=O) groups is 2. The third-order valence-electron chi connectivity index (χ3n) is 9.85. The molecule has 2 saturated heterocycles. The molecule has 1 spiro atoms. The van der Waals surface area contributed by atoms with Crippen molar-refractivity contribution in [2.75, 3.05) is 35.0 Å². The minimum Gasteiger partial charge on any atom is -0.505 e. The Morgan fingerprint density at radius 3 is 2.50 bits per heavy atom. The number of hydrogen-bond acceptors (Lipinski definition) is 9. The van der Waals surface area contributed by atoms with Crippen molar-refractivity contribution in [3.8, 4) is 17.1 Å². The van der Waals surface area contributed by atoms with Gasteiger partial charge in [0.2, 0.25) is 11.7 Å². The number of piperidine rings is 1. The molecule has 54 heavy (non-hydrogen) atoms. The number of aromatic nitrogens is 5. The number of rotatable bonds is 6. The van der Waals surface area contributed by atoms with Crippen LogP contribution in [0, 0.1) is 0 Å². The lowest BCUT2D eigenvalue weighted by molar-refractivity contribution is -0.137. The minimum absolute atomic E-state index is 0.0195. The topological polar surface area (TPSA) is 164 Å². The average Bonchev–Trinajstić information content (AvgIpc) is 3.89. The number of halogens is 4. The number of likely N-dealkylation sites (tertiary alicyclic amines) is 1. The molecule has 2 N–H and O–H groups in total. The highest BCUT2D eigenvalue weighted by Gasteiger charge is 2.48. The molecule has 280 valence electrons. The molecular weight excluding hydrogens is 753 g/mol. The second-order valence-corrected chi connectivity index (χ2v) is 15.0. The third kappa shape index (κ3) is 6.26. The van der Waals surface area contributed by atoms with Crippen molar-refractivity contribution in [2.24, 2.45) is 0 Å². The molecule has 8 rings (SSSR count). The Morgan fingerprint density at radius 1 is 1.07 bits per heavy atom. The first-order chi connectivity index (χ1) is 25.8. The molecular formula is C35H30ClF3N8O6S. The number of nitrogens with zero attached hydrogens (tertiary/aromatic N) is 7. The molecule has 3 aliphatic heterocycles. The second kappa shape index (κ2) is 13.5. The average molecular weight is 783 g/mol. The van der Waals surface area contributed by atoms with Crippen molar-refractivity contribution >= 4 is 51.6 Å². The molecule has 6 heterocycles. The quantitative estimate of drug-likeness (QED) is 0.252. The Hall–Kier alpha value is -5.33. The first-order valence-electron chi connectivity index (χ1n) is 16.9. The SMILES string of the molecule is O=C(Cn1c2c(c(=O)n3nc(-c4ccc(N5CCCS5=O)cc4)nc13)C1(CCN(C(=O)c3ncccc3O)CC1)OC2)Nc1ccc(C(F)(F)F)cc1Cl. The number of alkyl halides is 3. The van der Waals surface area contributed by atoms with E-state index in [1.807, 2.05) is 0 Å². The van der Waals surface area contributed by atoms with Gasteiger partial charge in [-0.05, 0) is 73.9 Å². The molecule has 2 fully saturated rings. The van der Waals surface area contributed by atoms with Crippen molar-refractivity contribution in [1.29, 1.82) is 0 Å². The van der Waals surface area contributed by atoms with Crippen molar-refractivity contribution < 1.29 is 36.8 Å². The van der Waals surface area contributed by atoms with Crippen LogP contribution in [0.25, 0.3) is 17.2 Å². The van der Waals surface area contributed by atoms with Crippen LogP contribution < -0.4 is 15.2 Å². The van der Waals surface area contributed by atoms with E-state index in [9.17, 15) is 36.9 Å². The zero-order valence-electron chi connectivity index (χ0n) is 28.2. The number of nitrogens with one attached hydrogen (secondary N) is 1. The summed E-state index contributed by atoms with van der Waals surface area (Å²) < 4.78 is 62.9. The van der Waals surface area contributed by atoms with E-state index in [0.29, 0.717) is 29.6 Å². The van der Waals surface area contributed by atoms with Gasteiger partial charge in [-0.25, -0.2) is 9.19 Å². The Kier molecular flexibility index (Phi) is 8.93. The van der Waals surface area contributed by atoms with Crippen LogP contribution in [0.4, 0.5) is 24.5 Å². The van der Waals surface area contributed by atoms with Gasteiger partial charge in [0.05, 0.1) is 34.1 Å². The Labute approximate surface area is 311 Å². The zero-order chi connectivity index (χ0) is 37.9. The van der Waals surface area contributed by atoms with Crippen LogP contribution >= 0.6 is 11.6 Å². The van der Waals surface area contributed by atoms with Crippen LogP contribution in [-0.2, 0) is 45.4 Å². The fourth-order valence-corrected chi connectivity index (χ4v) is 8.66. The highest BCUT2D eigenvalue weighted by atomic mass is 35.5. The smallest absolute Gasteiger partial charge is 0.416 e. The number of pyridine rings is 1. The molecule has 19 heteroatoms. The first-order valence-corrected chi connectivity index (χ1v) is 18.5. The fraction of sp³-hybridized carbons (Fsp3) is 0.314. The Morgan fingerprint density at radius 2 is 1.83 bits per heavy atom. The minimum atomic E-state index is -4.63. The molecule has 3 aliphatic rings. The van der Waals surface area contributed by atoms with Crippen LogP contribution in [0.1, 0.15) is 46.6 Å². The number of amides is 2. The number of fused-ring (bicyclic) bond motifs is 3. The third-order valence-corrected chi connectivity index (χ3v) is 11.7.